The Kier molecular flexibility index (Phi) is 5.78. The molecule has 1 saturated heterocycles. The van der Waals surface area contributed by atoms with Crippen molar-refractivity contribution in [2.45, 2.75) is 30.9 Å². The lowest BCUT2D eigenvalue weighted by Gasteiger charge is -2.25. The summed E-state index contributed by atoms with van der Waals surface area (Å²) in [4.78, 5) is 11.4. The topological polar surface area (TPSA) is 78.9 Å². The van der Waals surface area contributed by atoms with Crippen molar-refractivity contribution in [2.24, 2.45) is 5.92 Å². The fourth-order valence-electron chi connectivity index (χ4n) is 1.80. The molecule has 0 aromatic carbocycles. The highest BCUT2D eigenvalue weighted by atomic mass is 32.2. The molecule has 0 radical (unpaired) electrons. The van der Waals surface area contributed by atoms with Crippen LogP contribution in [0.15, 0.2) is 0 Å². The number of ether oxygens (including phenoxy) is 2. The normalized spacial score (nSPS) is 19.6. The van der Waals surface area contributed by atoms with Gasteiger partial charge in [0.2, 0.25) is 0 Å². The van der Waals surface area contributed by atoms with Gasteiger partial charge in [-0.15, -0.1) is 0 Å². The van der Waals surface area contributed by atoms with Crippen molar-refractivity contribution in [1.82, 2.24) is 0 Å². The molecule has 118 valence electrons. The summed E-state index contributed by atoms with van der Waals surface area (Å²) in [7, 11) is -4.89. The van der Waals surface area contributed by atoms with E-state index in [1.165, 1.54) is 0 Å². The van der Waals surface area contributed by atoms with E-state index < -0.39 is 27.7 Å². The largest absolute Gasteiger partial charge is 0.523 e. The van der Waals surface area contributed by atoms with E-state index in [-0.39, 0.29) is 12.3 Å². The zero-order valence-corrected chi connectivity index (χ0v) is 11.5. The molecule has 6 nitrogen and oxygen atoms in total. The summed E-state index contributed by atoms with van der Waals surface area (Å²) in [5, 5.41) is 0. The minimum absolute atomic E-state index is 0.156. The summed E-state index contributed by atoms with van der Waals surface area (Å²) in [5.74, 6) is -1.30. The van der Waals surface area contributed by atoms with Crippen molar-refractivity contribution >= 4 is 16.1 Å². The van der Waals surface area contributed by atoms with Crippen LogP contribution in [0, 0.1) is 5.92 Å². The lowest BCUT2D eigenvalue weighted by atomic mass is 9.94. The quantitative estimate of drug-likeness (QED) is 0.430. The van der Waals surface area contributed by atoms with Crippen LogP contribution in [0.2, 0.25) is 0 Å². The van der Waals surface area contributed by atoms with Crippen LogP contribution in [-0.4, -0.2) is 46.3 Å². The van der Waals surface area contributed by atoms with Crippen LogP contribution >= 0.6 is 0 Å². The highest BCUT2D eigenvalue weighted by molar-refractivity contribution is 7.87. The summed E-state index contributed by atoms with van der Waals surface area (Å²) < 4.78 is 72.0. The highest BCUT2D eigenvalue weighted by Gasteiger charge is 2.49. The van der Waals surface area contributed by atoms with E-state index in [4.69, 9.17) is 4.74 Å². The molecule has 0 bridgehead atoms. The minimum Gasteiger partial charge on any atom is -0.467 e. The van der Waals surface area contributed by atoms with Gasteiger partial charge in [0.1, 0.15) is 0 Å². The molecule has 0 N–H and O–H groups in total. The molecule has 0 aromatic rings. The predicted molar refractivity (Wildman–Crippen MR) is 60.0 cm³/mol. The van der Waals surface area contributed by atoms with Crippen molar-refractivity contribution in [2.75, 3.05) is 20.3 Å². The van der Waals surface area contributed by atoms with E-state index in [0.717, 1.165) is 7.11 Å². The van der Waals surface area contributed by atoms with Gasteiger partial charge in [-0.05, 0) is 25.2 Å². The number of hydrogen-bond donors (Lipinski definition) is 0. The number of rotatable bonds is 5. The van der Waals surface area contributed by atoms with Crippen molar-refractivity contribution in [3.63, 3.8) is 0 Å². The Morgan fingerprint density at radius 2 is 1.90 bits per heavy atom. The van der Waals surface area contributed by atoms with Crippen LogP contribution in [0.5, 0.6) is 0 Å². The molecule has 1 heterocycles. The van der Waals surface area contributed by atoms with Gasteiger partial charge >= 0.3 is 21.6 Å². The monoisotopic (exact) mass is 320 g/mol. The Labute approximate surface area is 114 Å². The Balaban J connectivity index is 2.77. The third kappa shape index (κ3) is 4.60. The molecule has 1 aliphatic heterocycles. The van der Waals surface area contributed by atoms with Crippen molar-refractivity contribution < 1.29 is 40.0 Å². The zero-order valence-electron chi connectivity index (χ0n) is 10.7. The number of methoxy groups -OCH3 is 1. The van der Waals surface area contributed by atoms with Gasteiger partial charge in [0.05, 0.1) is 7.11 Å². The maximum Gasteiger partial charge on any atom is 0.523 e. The molecular formula is C10H15F3O6S. The van der Waals surface area contributed by atoms with Gasteiger partial charge < -0.3 is 9.47 Å². The number of halogens is 3. The Morgan fingerprint density at radius 1 is 1.35 bits per heavy atom. The van der Waals surface area contributed by atoms with Crippen molar-refractivity contribution in [1.29, 1.82) is 0 Å². The summed E-state index contributed by atoms with van der Waals surface area (Å²) in [6.07, 6.45) is -0.924. The highest BCUT2D eigenvalue weighted by Crippen LogP contribution is 2.29. The van der Waals surface area contributed by atoms with Gasteiger partial charge in [-0.2, -0.15) is 21.6 Å². The molecule has 1 aliphatic rings. The second kappa shape index (κ2) is 6.72. The summed E-state index contributed by atoms with van der Waals surface area (Å²) in [6, 6.07) is 0. The number of alkyl halides is 3. The fraction of sp³-hybridized carbons (Fsp3) is 0.900. The molecule has 1 rings (SSSR count). The molecule has 20 heavy (non-hydrogen) atoms. The number of hydrogen-bond acceptors (Lipinski definition) is 6. The van der Waals surface area contributed by atoms with Gasteiger partial charge in [-0.3, -0.25) is 0 Å². The lowest BCUT2D eigenvalue weighted by molar-refractivity contribution is -0.150. The first-order valence-corrected chi connectivity index (χ1v) is 7.23. The molecule has 0 aromatic heterocycles. The standard InChI is InChI=1S/C10H15F3O6S/c1-17-9(14)8(6-7-2-4-18-5-3-7)19-20(15,16)10(11,12)13/h7-8H,2-6H2,1H3. The van der Waals surface area contributed by atoms with Crippen LogP contribution in [0.25, 0.3) is 0 Å². The first-order valence-electron chi connectivity index (χ1n) is 5.82. The minimum atomic E-state index is -5.83. The average molecular weight is 320 g/mol. The van der Waals surface area contributed by atoms with E-state index in [1.54, 1.807) is 0 Å². The third-order valence-electron chi connectivity index (χ3n) is 2.88. The molecule has 0 spiro atoms. The number of carbonyl (C=O) groups is 1. The van der Waals surface area contributed by atoms with E-state index in [2.05, 4.69) is 8.92 Å². The van der Waals surface area contributed by atoms with E-state index >= 15 is 0 Å². The van der Waals surface area contributed by atoms with Gasteiger partial charge in [-0.1, -0.05) is 0 Å². The number of carbonyl (C=O) groups excluding carboxylic acids is 1. The molecule has 0 saturated carbocycles. The van der Waals surface area contributed by atoms with Crippen molar-refractivity contribution in [3.05, 3.63) is 0 Å². The predicted octanol–water partition coefficient (Wildman–Crippen LogP) is 1.21. The van der Waals surface area contributed by atoms with Crippen LogP contribution in [0.1, 0.15) is 19.3 Å². The number of esters is 1. The maximum atomic E-state index is 12.3. The van der Waals surface area contributed by atoms with Gasteiger partial charge in [0, 0.05) is 13.2 Å². The van der Waals surface area contributed by atoms with E-state index in [0.29, 0.717) is 26.1 Å². The maximum absolute atomic E-state index is 12.3. The first kappa shape index (κ1) is 17.2. The molecular weight excluding hydrogens is 305 g/mol. The molecule has 1 atom stereocenters. The summed E-state index contributed by atoms with van der Waals surface area (Å²) in [6.45, 7) is 0.815. The molecule has 0 amide bonds. The van der Waals surface area contributed by atoms with E-state index in [1.807, 2.05) is 0 Å². The Bertz CT molecular complexity index is 427. The summed E-state index contributed by atoms with van der Waals surface area (Å²) in [5.41, 5.74) is -5.57. The fourth-order valence-corrected chi connectivity index (χ4v) is 2.37. The van der Waals surface area contributed by atoms with E-state index in [9.17, 15) is 26.4 Å². The lowest BCUT2D eigenvalue weighted by Crippen LogP contribution is -2.36. The summed E-state index contributed by atoms with van der Waals surface area (Å²) >= 11 is 0. The smallest absolute Gasteiger partial charge is 0.467 e. The second-order valence-corrected chi connectivity index (χ2v) is 5.86. The Hall–Kier alpha value is -0.870. The molecule has 1 unspecified atom stereocenters. The average Bonchev–Trinajstić information content (AvgIpc) is 2.36. The molecule has 0 aliphatic carbocycles. The van der Waals surface area contributed by atoms with Crippen LogP contribution < -0.4 is 0 Å². The zero-order chi connectivity index (χ0) is 15.4. The van der Waals surface area contributed by atoms with Gasteiger partial charge in [0.15, 0.2) is 6.10 Å². The van der Waals surface area contributed by atoms with Crippen LogP contribution in [0.4, 0.5) is 13.2 Å². The van der Waals surface area contributed by atoms with Gasteiger partial charge in [-0.25, -0.2) is 8.98 Å². The van der Waals surface area contributed by atoms with Crippen molar-refractivity contribution in [3.8, 4) is 0 Å². The molecule has 1 fully saturated rings. The van der Waals surface area contributed by atoms with Crippen LogP contribution in [0.3, 0.4) is 0 Å². The SMILES string of the molecule is COC(=O)C(CC1CCOCC1)OS(=O)(=O)C(F)(F)F. The Morgan fingerprint density at radius 3 is 2.35 bits per heavy atom. The third-order valence-corrected chi connectivity index (χ3v) is 3.93. The van der Waals surface area contributed by atoms with Crippen LogP contribution in [-0.2, 0) is 28.6 Å². The first-order chi connectivity index (χ1) is 9.17. The molecule has 10 heteroatoms. The van der Waals surface area contributed by atoms with Gasteiger partial charge in [0.25, 0.3) is 0 Å². The second-order valence-electron chi connectivity index (χ2n) is 4.30.